The average molecular weight is 595 g/mol. The molecule has 0 saturated carbocycles. The fraction of sp³-hybridized carbons (Fsp3) is 0.613. The number of unbranched alkanes of at least 4 members (excludes halogenated alkanes) is 4. The van der Waals surface area contributed by atoms with Gasteiger partial charge in [-0.1, -0.05) is 0 Å². The molecule has 0 aromatic heterocycles. The number of fused-ring (bicyclic) bond motifs is 2. The van der Waals surface area contributed by atoms with Crippen LogP contribution in [-0.4, -0.2) is 0 Å². The Morgan fingerprint density at radius 1 is 0.812 bits per heavy atom. The van der Waals surface area contributed by atoms with E-state index in [1.807, 2.05) is 0 Å². The molecule has 1 aromatic rings. The maximum atomic E-state index is 2.70. The molecule has 0 nitrogen and oxygen atoms in total. The summed E-state index contributed by atoms with van der Waals surface area (Å²) in [6.07, 6.45) is 16.0. The normalized spacial score (nSPS) is 25.0. The summed E-state index contributed by atoms with van der Waals surface area (Å²) in [6, 6.07) is 5.27. The third-order valence-corrected chi connectivity index (χ3v) is 17.6. The Morgan fingerprint density at radius 3 is 2.03 bits per heavy atom. The van der Waals surface area contributed by atoms with Crippen molar-refractivity contribution < 1.29 is 22.9 Å². The van der Waals surface area contributed by atoms with Crippen LogP contribution in [0.4, 0.5) is 0 Å². The second kappa shape index (κ2) is 8.83. The van der Waals surface area contributed by atoms with Gasteiger partial charge in [0.2, 0.25) is 0 Å². The van der Waals surface area contributed by atoms with Crippen LogP contribution >= 0.6 is 0 Å². The first kappa shape index (κ1) is 24.4. The topological polar surface area (TPSA) is 0 Å². The Morgan fingerprint density at radius 2 is 1.41 bits per heavy atom. The van der Waals surface area contributed by atoms with Crippen LogP contribution in [0.1, 0.15) is 116 Å². The molecule has 1 unspecified atom stereocenters. The fourth-order valence-electron chi connectivity index (χ4n) is 6.60. The first-order valence-electron chi connectivity index (χ1n) is 13.0. The van der Waals surface area contributed by atoms with E-state index in [2.05, 4.69) is 79.7 Å². The van der Waals surface area contributed by atoms with Crippen molar-refractivity contribution in [2.75, 3.05) is 0 Å². The number of rotatable bonds is 8. The molecule has 0 heterocycles. The van der Waals surface area contributed by atoms with Crippen LogP contribution in [-0.2, 0) is 38.9 Å². The number of hydrogen-bond donors (Lipinski definition) is 0. The van der Waals surface area contributed by atoms with Gasteiger partial charge >= 0.3 is 210 Å². The molecule has 0 radical (unpaired) electrons. The SMILES string of the molecule is CCCCCCC[C]1([Hf][C]2(C)C(C)=C(C)C(C)=C2C)C=Cc2cc3c(cc21)CC(C)(C)C3. The molecule has 1 aromatic carbocycles. The molecular formula is C31H44Hf. The van der Waals surface area contributed by atoms with Crippen molar-refractivity contribution >= 4 is 6.08 Å². The van der Waals surface area contributed by atoms with Crippen LogP contribution in [0.5, 0.6) is 0 Å². The predicted molar refractivity (Wildman–Crippen MR) is 137 cm³/mol. The van der Waals surface area contributed by atoms with E-state index in [-0.39, 0.29) is 0 Å². The number of benzene rings is 1. The van der Waals surface area contributed by atoms with Gasteiger partial charge in [-0.05, 0) is 0 Å². The second-order valence-electron chi connectivity index (χ2n) is 11.9. The third-order valence-electron chi connectivity index (χ3n) is 9.07. The van der Waals surface area contributed by atoms with E-state index in [0.29, 0.717) is 11.8 Å². The Labute approximate surface area is 209 Å². The van der Waals surface area contributed by atoms with Crippen LogP contribution in [0.2, 0.25) is 3.17 Å². The molecular weight excluding hydrogens is 551 g/mol. The molecule has 4 rings (SSSR count). The third kappa shape index (κ3) is 4.14. The van der Waals surface area contributed by atoms with E-state index in [1.54, 1.807) is 44.5 Å². The van der Waals surface area contributed by atoms with Crippen LogP contribution in [0, 0.1) is 5.41 Å². The Kier molecular flexibility index (Phi) is 6.74. The first-order chi connectivity index (χ1) is 15.0. The summed E-state index contributed by atoms with van der Waals surface area (Å²) in [6.45, 7) is 19.5. The molecule has 32 heavy (non-hydrogen) atoms. The van der Waals surface area contributed by atoms with Crippen molar-refractivity contribution in [3.05, 3.63) is 62.8 Å². The van der Waals surface area contributed by atoms with Crippen molar-refractivity contribution in [2.24, 2.45) is 5.41 Å². The molecule has 0 saturated heterocycles. The van der Waals surface area contributed by atoms with Gasteiger partial charge < -0.3 is 0 Å². The number of allylic oxidation sites excluding steroid dienone is 5. The molecule has 1 atom stereocenters. The van der Waals surface area contributed by atoms with Gasteiger partial charge in [-0.2, -0.15) is 0 Å². The van der Waals surface area contributed by atoms with Gasteiger partial charge in [-0.15, -0.1) is 0 Å². The van der Waals surface area contributed by atoms with Gasteiger partial charge in [-0.3, -0.25) is 0 Å². The molecule has 3 aliphatic rings. The summed E-state index contributed by atoms with van der Waals surface area (Å²) in [5, 5.41) is 0. The summed E-state index contributed by atoms with van der Waals surface area (Å²) in [7, 11) is 0. The minimum atomic E-state index is -1.17. The molecule has 172 valence electrons. The monoisotopic (exact) mass is 596 g/mol. The fourth-order valence-corrected chi connectivity index (χ4v) is 15.4. The van der Waals surface area contributed by atoms with Crippen molar-refractivity contribution in [3.8, 4) is 0 Å². The van der Waals surface area contributed by atoms with Crippen molar-refractivity contribution in [1.82, 2.24) is 0 Å². The van der Waals surface area contributed by atoms with Gasteiger partial charge in [0.15, 0.2) is 0 Å². The molecule has 0 aliphatic heterocycles. The zero-order valence-corrected chi connectivity index (χ0v) is 25.6. The van der Waals surface area contributed by atoms with Gasteiger partial charge in [-0.25, -0.2) is 0 Å². The second-order valence-corrected chi connectivity index (χ2v) is 19.6. The Bertz CT molecular complexity index is 976. The quantitative estimate of drug-likeness (QED) is 0.208. The minimum absolute atomic E-state index is 0.363. The van der Waals surface area contributed by atoms with Gasteiger partial charge in [0.25, 0.3) is 0 Å². The van der Waals surface area contributed by atoms with Crippen LogP contribution in [0.3, 0.4) is 0 Å². The summed E-state index contributed by atoms with van der Waals surface area (Å²) in [5.41, 5.74) is 13.5. The first-order valence-corrected chi connectivity index (χ1v) is 16.6. The van der Waals surface area contributed by atoms with Gasteiger partial charge in [0, 0.05) is 0 Å². The predicted octanol–water partition coefficient (Wildman–Crippen LogP) is 9.34. The van der Waals surface area contributed by atoms with Gasteiger partial charge in [0.1, 0.15) is 0 Å². The summed E-state index contributed by atoms with van der Waals surface area (Å²) < 4.78 is 0.729. The Hall–Kier alpha value is -0.690. The molecule has 0 fully saturated rings. The van der Waals surface area contributed by atoms with Gasteiger partial charge in [0.05, 0.1) is 0 Å². The van der Waals surface area contributed by atoms with Crippen molar-refractivity contribution in [2.45, 2.75) is 113 Å². The Balaban J connectivity index is 1.72. The summed E-state index contributed by atoms with van der Waals surface area (Å²) in [5.74, 6) is 0. The molecule has 0 amide bonds. The molecule has 0 bridgehead atoms. The van der Waals surface area contributed by atoms with Crippen LogP contribution < -0.4 is 0 Å². The van der Waals surface area contributed by atoms with E-state index >= 15 is 0 Å². The molecule has 0 N–H and O–H groups in total. The van der Waals surface area contributed by atoms with Crippen molar-refractivity contribution in [1.29, 1.82) is 0 Å². The number of hydrogen-bond acceptors (Lipinski definition) is 0. The molecule has 1 heteroatoms. The summed E-state index contributed by atoms with van der Waals surface area (Å²) in [4.78, 5) is 0. The maximum absolute atomic E-state index is 2.70. The van der Waals surface area contributed by atoms with E-state index in [4.69, 9.17) is 0 Å². The van der Waals surface area contributed by atoms with E-state index in [1.165, 1.54) is 51.4 Å². The van der Waals surface area contributed by atoms with E-state index in [0.717, 1.165) is 0 Å². The van der Waals surface area contributed by atoms with E-state index < -0.39 is 22.9 Å². The average Bonchev–Trinajstić information content (AvgIpc) is 3.28. The zero-order valence-electron chi connectivity index (χ0n) is 22.0. The zero-order chi connectivity index (χ0) is 23.3. The van der Waals surface area contributed by atoms with Crippen molar-refractivity contribution in [3.63, 3.8) is 0 Å². The van der Waals surface area contributed by atoms with Crippen LogP contribution in [0.25, 0.3) is 6.08 Å². The standard InChI is InChI=1S/C21H29.C10H15.Hf/c1-4-5-6-7-8-9-16-10-11-17-12-18-14-21(2,3)15-19(18)13-20(16)17;1-6-7(2)9(4)10(5)8(6)3;/h10-13H,4-9,14-15H2,1-3H3;1-5H3;. The molecule has 3 aliphatic carbocycles. The summed E-state index contributed by atoms with van der Waals surface area (Å²) >= 11 is -1.17. The van der Waals surface area contributed by atoms with E-state index in [9.17, 15) is 0 Å². The van der Waals surface area contributed by atoms with Crippen LogP contribution in [0.15, 0.2) is 40.5 Å². The molecule has 0 spiro atoms.